The first kappa shape index (κ1) is 16.7. The zero-order valence-corrected chi connectivity index (χ0v) is 13.6. The average Bonchev–Trinajstić information content (AvgIpc) is 2.47. The Hall–Kier alpha value is -2.62. The number of anilines is 1. The number of carbonyl (C=O) groups excluding carboxylic acids is 1. The number of nitrogens with one attached hydrogen (secondary N) is 2. The lowest BCUT2D eigenvalue weighted by molar-refractivity contribution is -0.113. The molecule has 10 heteroatoms. The van der Waals surface area contributed by atoms with E-state index < -0.39 is 17.2 Å². The van der Waals surface area contributed by atoms with Gasteiger partial charge in [-0.3, -0.25) is 23.5 Å². The number of aromatic nitrogens is 4. The van der Waals surface area contributed by atoms with E-state index in [0.29, 0.717) is 10.9 Å². The normalized spacial score (nSPS) is 10.6. The molecule has 9 nitrogen and oxygen atoms in total. The molecule has 0 radical (unpaired) electrons. The first-order chi connectivity index (χ1) is 10.8. The van der Waals surface area contributed by atoms with Crippen molar-refractivity contribution < 1.29 is 4.79 Å². The number of aromatic amines is 1. The highest BCUT2D eigenvalue weighted by atomic mass is 32.2. The zero-order chi connectivity index (χ0) is 17.1. The minimum Gasteiger partial charge on any atom is -0.311 e. The van der Waals surface area contributed by atoms with Gasteiger partial charge in [0.05, 0.1) is 5.75 Å². The molecule has 0 bridgehead atoms. The van der Waals surface area contributed by atoms with Crippen molar-refractivity contribution in [2.45, 2.75) is 12.1 Å². The molecule has 0 saturated carbocycles. The zero-order valence-electron chi connectivity index (χ0n) is 12.7. The van der Waals surface area contributed by atoms with E-state index in [0.717, 1.165) is 27.0 Å². The first-order valence-corrected chi connectivity index (χ1v) is 7.54. The number of hydrogen-bond donors (Lipinski definition) is 2. The number of aryl methyl sites for hydroxylation is 1. The molecule has 122 valence electrons. The number of thioether (sulfide) groups is 1. The molecule has 2 heterocycles. The molecular formula is C13H15N5O4S. The third kappa shape index (κ3) is 3.97. The van der Waals surface area contributed by atoms with E-state index in [4.69, 9.17) is 0 Å². The van der Waals surface area contributed by atoms with Gasteiger partial charge in [0, 0.05) is 31.9 Å². The third-order valence-corrected chi connectivity index (χ3v) is 3.85. The van der Waals surface area contributed by atoms with Gasteiger partial charge in [-0.05, 0) is 6.92 Å². The second-order valence-corrected chi connectivity index (χ2v) is 5.76. The summed E-state index contributed by atoms with van der Waals surface area (Å²) in [6, 6.07) is 2.51. The summed E-state index contributed by atoms with van der Waals surface area (Å²) < 4.78 is 2.10. The monoisotopic (exact) mass is 337 g/mol. The van der Waals surface area contributed by atoms with Gasteiger partial charge in [-0.1, -0.05) is 11.8 Å². The van der Waals surface area contributed by atoms with Gasteiger partial charge >= 0.3 is 5.69 Å². The highest BCUT2D eigenvalue weighted by Crippen LogP contribution is 2.11. The lowest BCUT2D eigenvalue weighted by Gasteiger charge is -2.10. The summed E-state index contributed by atoms with van der Waals surface area (Å²) in [6.07, 6.45) is 0. The molecule has 0 aliphatic heterocycles. The number of rotatable bonds is 4. The van der Waals surface area contributed by atoms with Crippen LogP contribution in [0.2, 0.25) is 0 Å². The molecule has 0 saturated heterocycles. The van der Waals surface area contributed by atoms with Crippen molar-refractivity contribution in [3.63, 3.8) is 0 Å². The molecule has 2 rings (SSSR count). The topological polar surface area (TPSA) is 119 Å². The van der Waals surface area contributed by atoms with Crippen LogP contribution in [0.25, 0.3) is 0 Å². The molecule has 0 unspecified atom stereocenters. The van der Waals surface area contributed by atoms with Crippen molar-refractivity contribution in [1.82, 2.24) is 19.1 Å². The Morgan fingerprint density at radius 3 is 2.61 bits per heavy atom. The molecule has 0 spiro atoms. The van der Waals surface area contributed by atoms with E-state index in [1.807, 2.05) is 0 Å². The minimum atomic E-state index is -0.537. The largest absolute Gasteiger partial charge is 0.332 e. The van der Waals surface area contributed by atoms with Crippen LogP contribution in [0.15, 0.2) is 31.7 Å². The standard InChI is InChI=1S/C13H15N5O4S/c1-7-4-9(19)16-12(14-7)23-6-10(20)15-8-5-11(21)18(3)13(22)17(8)2/h4-5H,6H2,1-3H3,(H,15,20)(H,14,16,19). The lowest BCUT2D eigenvalue weighted by atomic mass is 10.5. The summed E-state index contributed by atoms with van der Waals surface area (Å²) in [5, 5.41) is 2.81. The number of carbonyl (C=O) groups is 1. The van der Waals surface area contributed by atoms with Crippen molar-refractivity contribution in [2.75, 3.05) is 11.1 Å². The second-order valence-electron chi connectivity index (χ2n) is 4.80. The van der Waals surface area contributed by atoms with E-state index in [-0.39, 0.29) is 17.1 Å². The summed E-state index contributed by atoms with van der Waals surface area (Å²) in [6.45, 7) is 1.68. The van der Waals surface area contributed by atoms with Gasteiger partial charge in [0.2, 0.25) is 5.91 Å². The maximum absolute atomic E-state index is 11.9. The van der Waals surface area contributed by atoms with Crippen LogP contribution in [0.4, 0.5) is 5.82 Å². The molecule has 0 aliphatic rings. The van der Waals surface area contributed by atoms with Gasteiger partial charge in [-0.25, -0.2) is 9.78 Å². The molecule has 2 N–H and O–H groups in total. The van der Waals surface area contributed by atoms with E-state index in [2.05, 4.69) is 15.3 Å². The van der Waals surface area contributed by atoms with Crippen LogP contribution in [0.1, 0.15) is 5.69 Å². The van der Waals surface area contributed by atoms with E-state index in [1.165, 1.54) is 20.2 Å². The summed E-state index contributed by atoms with van der Waals surface area (Å²) in [4.78, 5) is 53.2. The van der Waals surface area contributed by atoms with Crippen LogP contribution < -0.4 is 22.1 Å². The van der Waals surface area contributed by atoms with E-state index >= 15 is 0 Å². The van der Waals surface area contributed by atoms with Gasteiger partial charge in [-0.2, -0.15) is 0 Å². The fourth-order valence-corrected chi connectivity index (χ4v) is 2.51. The summed E-state index contributed by atoms with van der Waals surface area (Å²) in [5.41, 5.74) is -0.800. The molecule has 1 amide bonds. The number of amides is 1. The Labute approximate surface area is 134 Å². The molecule has 2 aromatic rings. The van der Waals surface area contributed by atoms with Crippen molar-refractivity contribution in [1.29, 1.82) is 0 Å². The first-order valence-electron chi connectivity index (χ1n) is 6.55. The Balaban J connectivity index is 2.10. The molecule has 2 aromatic heterocycles. The summed E-state index contributed by atoms with van der Waals surface area (Å²) in [5.74, 6) is -0.354. The van der Waals surface area contributed by atoms with Gasteiger partial charge in [-0.15, -0.1) is 0 Å². The maximum Gasteiger partial charge on any atom is 0.332 e. The smallest absolute Gasteiger partial charge is 0.311 e. The SMILES string of the molecule is Cc1cc(=O)[nH]c(SCC(=O)Nc2cc(=O)n(C)c(=O)n2C)n1. The van der Waals surface area contributed by atoms with Crippen LogP contribution in [0, 0.1) is 6.92 Å². The van der Waals surface area contributed by atoms with Gasteiger partial charge < -0.3 is 10.3 Å². The van der Waals surface area contributed by atoms with E-state index in [1.54, 1.807) is 6.92 Å². The predicted octanol–water partition coefficient (Wildman–Crippen LogP) is -0.793. The van der Waals surface area contributed by atoms with Crippen molar-refractivity contribution in [3.05, 3.63) is 49.0 Å². The molecule has 0 aliphatic carbocycles. The number of nitrogens with zero attached hydrogens (tertiary/aromatic N) is 3. The fourth-order valence-electron chi connectivity index (χ4n) is 1.79. The molecule has 0 fully saturated rings. The summed E-state index contributed by atoms with van der Waals surface area (Å²) >= 11 is 1.04. The Morgan fingerprint density at radius 1 is 1.26 bits per heavy atom. The van der Waals surface area contributed by atoms with Crippen molar-refractivity contribution in [3.8, 4) is 0 Å². The molecule has 0 aromatic carbocycles. The predicted molar refractivity (Wildman–Crippen MR) is 85.9 cm³/mol. The second kappa shape index (κ2) is 6.65. The van der Waals surface area contributed by atoms with Crippen molar-refractivity contribution >= 4 is 23.5 Å². The molecular weight excluding hydrogens is 322 g/mol. The van der Waals surface area contributed by atoms with Gasteiger partial charge in [0.15, 0.2) is 5.16 Å². The highest BCUT2D eigenvalue weighted by Gasteiger charge is 2.10. The van der Waals surface area contributed by atoms with Crippen LogP contribution >= 0.6 is 11.8 Å². The van der Waals surface area contributed by atoms with Crippen molar-refractivity contribution in [2.24, 2.45) is 14.1 Å². The Kier molecular flexibility index (Phi) is 4.84. The van der Waals surface area contributed by atoms with Crippen LogP contribution in [-0.2, 0) is 18.9 Å². The molecule has 0 atom stereocenters. The van der Waals surface area contributed by atoms with E-state index in [9.17, 15) is 19.2 Å². The summed E-state index contributed by atoms with van der Waals surface area (Å²) in [7, 11) is 2.80. The third-order valence-electron chi connectivity index (χ3n) is 2.98. The fraction of sp³-hybridized carbons (Fsp3) is 0.308. The van der Waals surface area contributed by atoms with Crippen LogP contribution in [-0.4, -0.2) is 30.8 Å². The van der Waals surface area contributed by atoms with Crippen LogP contribution in [0.5, 0.6) is 0 Å². The Bertz CT molecular complexity index is 927. The number of H-pyrrole nitrogens is 1. The minimum absolute atomic E-state index is 0.0320. The number of hydrogen-bond acceptors (Lipinski definition) is 6. The van der Waals surface area contributed by atoms with Gasteiger partial charge in [0.25, 0.3) is 11.1 Å². The van der Waals surface area contributed by atoms with Crippen LogP contribution in [0.3, 0.4) is 0 Å². The average molecular weight is 337 g/mol. The highest BCUT2D eigenvalue weighted by molar-refractivity contribution is 7.99. The lowest BCUT2D eigenvalue weighted by Crippen LogP contribution is -2.38. The molecule has 23 heavy (non-hydrogen) atoms. The van der Waals surface area contributed by atoms with Gasteiger partial charge in [0.1, 0.15) is 5.82 Å². The quantitative estimate of drug-likeness (QED) is 0.557. The maximum atomic E-state index is 11.9. The Morgan fingerprint density at radius 2 is 1.96 bits per heavy atom.